The van der Waals surface area contributed by atoms with Crippen molar-refractivity contribution in [3.63, 3.8) is 0 Å². The quantitative estimate of drug-likeness (QED) is 0.325. The van der Waals surface area contributed by atoms with Crippen molar-refractivity contribution in [3.8, 4) is 0 Å². The maximum atomic E-state index is 11.8. The third-order valence-corrected chi connectivity index (χ3v) is 4.54. The summed E-state index contributed by atoms with van der Waals surface area (Å²) in [4.78, 5) is 17.7. The van der Waals surface area contributed by atoms with Crippen LogP contribution in [0.25, 0.3) is 0 Å². The largest absolute Gasteiger partial charge is 0.381 e. The minimum absolute atomic E-state index is 0.0183. The molecule has 2 fully saturated rings. The molecule has 2 N–H and O–H groups in total. The van der Waals surface area contributed by atoms with Gasteiger partial charge < -0.3 is 29.7 Å². The van der Waals surface area contributed by atoms with Crippen LogP contribution in [0, 0.1) is 5.92 Å². The normalized spacial score (nSPS) is 23.2. The third kappa shape index (κ3) is 8.33. The Bertz CT molecular complexity index is 433. The van der Waals surface area contributed by atoms with Gasteiger partial charge in [0.1, 0.15) is 6.54 Å². The van der Waals surface area contributed by atoms with Gasteiger partial charge in [0.2, 0.25) is 5.91 Å². The molecule has 0 aliphatic carbocycles. The summed E-state index contributed by atoms with van der Waals surface area (Å²) in [6, 6.07) is 0. The molecule has 0 bridgehead atoms. The van der Waals surface area contributed by atoms with Crippen LogP contribution in [0.4, 0.5) is 0 Å². The standard InChI is InChI=1S/C18H34N4O4/c1-22(2)17(23)12-21-18(20-11-15-6-10-25-13-15)19-7-4-8-24-14-16-5-3-9-26-16/h15-16H,3-14H2,1-2H3,(H2,19,20,21). The van der Waals surface area contributed by atoms with Crippen molar-refractivity contribution in [3.05, 3.63) is 0 Å². The van der Waals surface area contributed by atoms with Crippen molar-refractivity contribution in [2.24, 2.45) is 10.9 Å². The van der Waals surface area contributed by atoms with Gasteiger partial charge in [-0.1, -0.05) is 0 Å². The van der Waals surface area contributed by atoms with Crippen molar-refractivity contribution in [1.29, 1.82) is 0 Å². The number of likely N-dealkylation sites (N-methyl/N-ethyl adjacent to an activating group) is 1. The first-order chi connectivity index (χ1) is 12.6. The lowest BCUT2D eigenvalue weighted by Crippen LogP contribution is -2.41. The summed E-state index contributed by atoms with van der Waals surface area (Å²) in [5.41, 5.74) is 0. The zero-order valence-corrected chi connectivity index (χ0v) is 16.2. The van der Waals surface area contributed by atoms with Crippen molar-refractivity contribution in [2.75, 3.05) is 66.8 Å². The topological polar surface area (TPSA) is 84.4 Å². The lowest BCUT2D eigenvalue weighted by Gasteiger charge is -2.16. The number of carbonyl (C=O) groups is 1. The summed E-state index contributed by atoms with van der Waals surface area (Å²) in [5, 5.41) is 6.60. The second-order valence-corrected chi connectivity index (χ2v) is 7.05. The van der Waals surface area contributed by atoms with Crippen molar-refractivity contribution in [1.82, 2.24) is 15.5 Å². The molecule has 2 atom stereocenters. The van der Waals surface area contributed by atoms with Crippen molar-refractivity contribution < 1.29 is 19.0 Å². The molecule has 0 aromatic rings. The third-order valence-electron chi connectivity index (χ3n) is 4.54. The first-order valence-electron chi connectivity index (χ1n) is 9.64. The SMILES string of the molecule is CN(C)C(=O)CN=C(NCCCOCC1CCCO1)NCC1CCOC1. The lowest BCUT2D eigenvalue weighted by molar-refractivity contribution is -0.127. The second kappa shape index (κ2) is 12.1. The minimum Gasteiger partial charge on any atom is -0.381 e. The molecule has 150 valence electrons. The van der Waals surface area contributed by atoms with Crippen LogP contribution in [0.5, 0.6) is 0 Å². The molecule has 0 radical (unpaired) electrons. The molecule has 2 aliphatic heterocycles. The Morgan fingerprint density at radius 3 is 2.85 bits per heavy atom. The highest BCUT2D eigenvalue weighted by Gasteiger charge is 2.16. The molecule has 8 heteroatoms. The van der Waals surface area contributed by atoms with Crippen molar-refractivity contribution >= 4 is 11.9 Å². The molecule has 0 spiro atoms. The number of ether oxygens (including phenoxy) is 3. The Hall–Kier alpha value is -1.38. The van der Waals surface area contributed by atoms with E-state index in [4.69, 9.17) is 14.2 Å². The first kappa shape index (κ1) is 20.9. The molecule has 26 heavy (non-hydrogen) atoms. The van der Waals surface area contributed by atoms with E-state index >= 15 is 0 Å². The van der Waals surface area contributed by atoms with Crippen LogP contribution < -0.4 is 10.6 Å². The lowest BCUT2D eigenvalue weighted by atomic mass is 10.1. The molecule has 1 amide bonds. The number of nitrogens with one attached hydrogen (secondary N) is 2. The number of hydrogen-bond donors (Lipinski definition) is 2. The van der Waals surface area contributed by atoms with E-state index in [0.717, 1.165) is 58.6 Å². The molecule has 0 saturated carbocycles. The number of rotatable bonds is 10. The molecule has 8 nitrogen and oxygen atoms in total. The van der Waals surface area contributed by atoms with Crippen LogP contribution in [-0.2, 0) is 19.0 Å². The Balaban J connectivity index is 1.64. The van der Waals surface area contributed by atoms with E-state index in [1.807, 2.05) is 0 Å². The number of carbonyl (C=O) groups excluding carboxylic acids is 1. The average molecular weight is 370 g/mol. The van der Waals surface area contributed by atoms with Crippen LogP contribution in [-0.4, -0.2) is 89.6 Å². The van der Waals surface area contributed by atoms with Gasteiger partial charge in [-0.2, -0.15) is 0 Å². The summed E-state index contributed by atoms with van der Waals surface area (Å²) in [5.74, 6) is 1.16. The zero-order valence-electron chi connectivity index (χ0n) is 16.2. The molecule has 0 aromatic heterocycles. The van der Waals surface area contributed by atoms with Gasteiger partial charge in [-0.15, -0.1) is 0 Å². The fraction of sp³-hybridized carbons (Fsp3) is 0.889. The first-order valence-corrected chi connectivity index (χ1v) is 9.64. The minimum atomic E-state index is -0.0183. The number of aliphatic imine (C=N–C) groups is 1. The van der Waals surface area contributed by atoms with Crippen LogP contribution in [0.3, 0.4) is 0 Å². The van der Waals surface area contributed by atoms with Crippen LogP contribution in [0.15, 0.2) is 4.99 Å². The summed E-state index contributed by atoms with van der Waals surface area (Å²) in [7, 11) is 3.47. The van der Waals surface area contributed by atoms with E-state index in [1.54, 1.807) is 19.0 Å². The van der Waals surface area contributed by atoms with Crippen LogP contribution >= 0.6 is 0 Å². The Labute approximate surface area is 156 Å². The van der Waals surface area contributed by atoms with Gasteiger partial charge in [-0.3, -0.25) is 4.79 Å². The van der Waals surface area contributed by atoms with Gasteiger partial charge in [0.15, 0.2) is 5.96 Å². The van der Waals surface area contributed by atoms with Crippen molar-refractivity contribution in [2.45, 2.75) is 31.8 Å². The van der Waals surface area contributed by atoms with E-state index in [9.17, 15) is 4.79 Å². The van der Waals surface area contributed by atoms with E-state index in [0.29, 0.717) is 25.1 Å². The number of hydrogen-bond acceptors (Lipinski definition) is 5. The summed E-state index contributed by atoms with van der Waals surface area (Å²) in [6.45, 7) is 5.52. The monoisotopic (exact) mass is 370 g/mol. The molecular weight excluding hydrogens is 336 g/mol. The molecule has 2 rings (SSSR count). The maximum absolute atomic E-state index is 11.8. The maximum Gasteiger partial charge on any atom is 0.243 e. The van der Waals surface area contributed by atoms with E-state index in [1.165, 1.54) is 0 Å². The summed E-state index contributed by atoms with van der Waals surface area (Å²) in [6.07, 6.45) is 4.45. The van der Waals surface area contributed by atoms with E-state index < -0.39 is 0 Å². The Morgan fingerprint density at radius 2 is 2.15 bits per heavy atom. The smallest absolute Gasteiger partial charge is 0.243 e. The second-order valence-electron chi connectivity index (χ2n) is 7.05. The number of nitrogens with zero attached hydrogens (tertiary/aromatic N) is 2. The average Bonchev–Trinajstić information content (AvgIpc) is 3.32. The van der Waals surface area contributed by atoms with Crippen LogP contribution in [0.1, 0.15) is 25.7 Å². The Morgan fingerprint density at radius 1 is 1.27 bits per heavy atom. The summed E-state index contributed by atoms with van der Waals surface area (Å²) >= 11 is 0. The Kier molecular flexibility index (Phi) is 9.73. The predicted molar refractivity (Wildman–Crippen MR) is 100 cm³/mol. The summed E-state index contributed by atoms with van der Waals surface area (Å²) < 4.78 is 16.6. The molecule has 2 saturated heterocycles. The predicted octanol–water partition coefficient (Wildman–Crippen LogP) is 0.232. The van der Waals surface area contributed by atoms with Gasteiger partial charge in [-0.25, -0.2) is 4.99 Å². The molecule has 2 aliphatic rings. The van der Waals surface area contributed by atoms with Gasteiger partial charge in [0.05, 0.1) is 19.3 Å². The highest BCUT2D eigenvalue weighted by Crippen LogP contribution is 2.12. The van der Waals surface area contributed by atoms with Gasteiger partial charge in [0.25, 0.3) is 0 Å². The van der Waals surface area contributed by atoms with Gasteiger partial charge >= 0.3 is 0 Å². The highest BCUT2D eigenvalue weighted by atomic mass is 16.5. The fourth-order valence-corrected chi connectivity index (χ4v) is 2.82. The molecule has 2 unspecified atom stereocenters. The number of amides is 1. The fourth-order valence-electron chi connectivity index (χ4n) is 2.82. The van der Waals surface area contributed by atoms with Crippen LogP contribution in [0.2, 0.25) is 0 Å². The van der Waals surface area contributed by atoms with E-state index in [2.05, 4.69) is 15.6 Å². The number of guanidine groups is 1. The van der Waals surface area contributed by atoms with Gasteiger partial charge in [0, 0.05) is 52.9 Å². The van der Waals surface area contributed by atoms with E-state index in [-0.39, 0.29) is 18.6 Å². The van der Waals surface area contributed by atoms with Gasteiger partial charge in [-0.05, 0) is 25.7 Å². The molecule has 0 aromatic carbocycles. The highest BCUT2D eigenvalue weighted by molar-refractivity contribution is 5.84. The zero-order chi connectivity index (χ0) is 18.6. The molecular formula is C18H34N4O4. The molecule has 2 heterocycles.